The van der Waals surface area contributed by atoms with Crippen molar-refractivity contribution in [1.82, 2.24) is 9.55 Å². The molecule has 0 amide bonds. The Labute approximate surface area is 127 Å². The number of nitrogens with zero attached hydrogens (tertiary/aromatic N) is 2. The molecule has 21 heavy (non-hydrogen) atoms. The van der Waals surface area contributed by atoms with Crippen LogP contribution in [0.3, 0.4) is 0 Å². The van der Waals surface area contributed by atoms with E-state index in [1.807, 2.05) is 24.5 Å². The van der Waals surface area contributed by atoms with Gasteiger partial charge in [0.2, 0.25) is 0 Å². The minimum absolute atomic E-state index is 0.0417. The van der Waals surface area contributed by atoms with E-state index in [1.165, 1.54) is 0 Å². The van der Waals surface area contributed by atoms with Crippen LogP contribution in [0.5, 0.6) is 0 Å². The van der Waals surface area contributed by atoms with Gasteiger partial charge in [0.15, 0.2) is 0 Å². The molecule has 5 nitrogen and oxygen atoms in total. The Balaban J connectivity index is 2.39. The smallest absolute Gasteiger partial charge is 0.303 e. The number of benzene rings is 1. The van der Waals surface area contributed by atoms with Crippen LogP contribution in [-0.4, -0.2) is 32.6 Å². The Morgan fingerprint density at radius 3 is 2.86 bits per heavy atom. The van der Waals surface area contributed by atoms with Crippen LogP contribution in [0, 0.1) is 0 Å². The number of fused-ring (bicyclic) bond motifs is 1. The van der Waals surface area contributed by atoms with Crippen LogP contribution in [-0.2, 0) is 17.8 Å². The predicted octanol–water partition coefficient (Wildman–Crippen LogP) is 2.17. The molecule has 1 aromatic carbocycles. The van der Waals surface area contributed by atoms with Crippen molar-refractivity contribution in [3.8, 4) is 0 Å². The van der Waals surface area contributed by atoms with Gasteiger partial charge in [-0.15, -0.1) is 0 Å². The second kappa shape index (κ2) is 7.26. The largest absolute Gasteiger partial charge is 0.481 e. The normalized spacial score (nSPS) is 10.9. The molecule has 0 aliphatic rings. The van der Waals surface area contributed by atoms with Crippen molar-refractivity contribution in [1.29, 1.82) is 0 Å². The summed E-state index contributed by atoms with van der Waals surface area (Å²) in [4.78, 5) is 27.7. The van der Waals surface area contributed by atoms with Crippen molar-refractivity contribution in [3.05, 3.63) is 40.4 Å². The van der Waals surface area contributed by atoms with Crippen molar-refractivity contribution in [2.75, 3.05) is 12.0 Å². The molecule has 0 bridgehead atoms. The van der Waals surface area contributed by atoms with Gasteiger partial charge in [-0.2, -0.15) is 11.8 Å². The Morgan fingerprint density at radius 1 is 1.38 bits per heavy atom. The van der Waals surface area contributed by atoms with Gasteiger partial charge < -0.3 is 5.11 Å². The fraction of sp³-hybridized carbons (Fsp3) is 0.400. The summed E-state index contributed by atoms with van der Waals surface area (Å²) in [5.41, 5.74) is 0.633. The topological polar surface area (TPSA) is 72.2 Å². The van der Waals surface area contributed by atoms with Crippen LogP contribution in [0.1, 0.15) is 18.7 Å². The van der Waals surface area contributed by atoms with Crippen LogP contribution in [0.4, 0.5) is 0 Å². The first-order valence-corrected chi connectivity index (χ1v) is 8.22. The van der Waals surface area contributed by atoms with E-state index in [-0.39, 0.29) is 12.0 Å². The first kappa shape index (κ1) is 15.6. The monoisotopic (exact) mass is 306 g/mol. The molecule has 0 aliphatic heterocycles. The number of aryl methyl sites for hydroxylation is 1. The number of rotatable bonds is 7. The Morgan fingerprint density at radius 2 is 2.14 bits per heavy atom. The van der Waals surface area contributed by atoms with E-state index in [0.717, 1.165) is 5.75 Å². The average Bonchev–Trinajstić information content (AvgIpc) is 2.46. The number of aliphatic carboxylic acids is 1. The SMILES string of the molecule is CSCCn1c(CCCC(=O)O)nc2ccccc2c1=O. The Bertz CT molecular complexity index is 697. The fourth-order valence-electron chi connectivity index (χ4n) is 2.22. The fourth-order valence-corrected chi connectivity index (χ4v) is 2.58. The summed E-state index contributed by atoms with van der Waals surface area (Å²) in [6, 6.07) is 7.27. The summed E-state index contributed by atoms with van der Waals surface area (Å²) in [5, 5.41) is 9.35. The molecule has 0 aliphatic carbocycles. The quantitative estimate of drug-likeness (QED) is 0.848. The van der Waals surface area contributed by atoms with Gasteiger partial charge in [0.1, 0.15) is 5.82 Å². The maximum Gasteiger partial charge on any atom is 0.303 e. The lowest BCUT2D eigenvalue weighted by atomic mass is 10.2. The van der Waals surface area contributed by atoms with E-state index in [2.05, 4.69) is 4.98 Å². The number of aromatic nitrogens is 2. The van der Waals surface area contributed by atoms with Gasteiger partial charge in [-0.3, -0.25) is 14.2 Å². The van der Waals surface area contributed by atoms with E-state index in [4.69, 9.17) is 5.11 Å². The molecule has 112 valence electrons. The van der Waals surface area contributed by atoms with Gasteiger partial charge in [0.25, 0.3) is 5.56 Å². The van der Waals surface area contributed by atoms with Crippen LogP contribution in [0.15, 0.2) is 29.1 Å². The minimum Gasteiger partial charge on any atom is -0.481 e. The molecule has 0 atom stereocenters. The molecule has 1 N–H and O–H groups in total. The number of carbonyl (C=O) groups is 1. The third-order valence-electron chi connectivity index (χ3n) is 3.25. The Hall–Kier alpha value is -1.82. The van der Waals surface area contributed by atoms with Crippen molar-refractivity contribution in [3.63, 3.8) is 0 Å². The maximum absolute atomic E-state index is 12.5. The van der Waals surface area contributed by atoms with Crippen LogP contribution in [0.2, 0.25) is 0 Å². The third kappa shape index (κ3) is 3.85. The summed E-state index contributed by atoms with van der Waals surface area (Å²) in [6.45, 7) is 0.597. The number of hydrogen-bond donors (Lipinski definition) is 1. The zero-order valence-electron chi connectivity index (χ0n) is 11.9. The van der Waals surface area contributed by atoms with Crippen molar-refractivity contribution in [2.45, 2.75) is 25.8 Å². The zero-order chi connectivity index (χ0) is 15.2. The summed E-state index contributed by atoms with van der Waals surface area (Å²) in [7, 11) is 0. The van der Waals surface area contributed by atoms with Gasteiger partial charge in [-0.05, 0) is 24.8 Å². The third-order valence-corrected chi connectivity index (χ3v) is 3.84. The van der Waals surface area contributed by atoms with Gasteiger partial charge in [-0.25, -0.2) is 4.98 Å². The predicted molar refractivity (Wildman–Crippen MR) is 85.0 cm³/mol. The molecule has 0 unspecified atom stereocenters. The lowest BCUT2D eigenvalue weighted by molar-refractivity contribution is -0.137. The summed E-state index contributed by atoms with van der Waals surface area (Å²) < 4.78 is 1.68. The molecule has 0 saturated heterocycles. The van der Waals surface area contributed by atoms with Crippen LogP contribution < -0.4 is 5.56 Å². The molecule has 1 aromatic heterocycles. The maximum atomic E-state index is 12.5. The molecular weight excluding hydrogens is 288 g/mol. The molecule has 0 spiro atoms. The van der Waals surface area contributed by atoms with Gasteiger partial charge in [-0.1, -0.05) is 12.1 Å². The molecule has 6 heteroatoms. The average molecular weight is 306 g/mol. The summed E-state index contributed by atoms with van der Waals surface area (Å²) in [5.74, 6) is 0.675. The lowest BCUT2D eigenvalue weighted by Crippen LogP contribution is -2.26. The molecule has 2 rings (SSSR count). The molecule has 1 heterocycles. The highest BCUT2D eigenvalue weighted by molar-refractivity contribution is 7.98. The zero-order valence-corrected chi connectivity index (χ0v) is 12.7. The summed E-state index contributed by atoms with van der Waals surface area (Å²) in [6.07, 6.45) is 3.06. The summed E-state index contributed by atoms with van der Waals surface area (Å²) >= 11 is 1.67. The molecule has 2 aromatic rings. The van der Waals surface area contributed by atoms with E-state index in [9.17, 15) is 9.59 Å². The van der Waals surface area contributed by atoms with Gasteiger partial charge >= 0.3 is 5.97 Å². The van der Waals surface area contributed by atoms with Crippen LogP contribution >= 0.6 is 11.8 Å². The molecule has 0 radical (unpaired) electrons. The van der Waals surface area contributed by atoms with E-state index in [0.29, 0.717) is 36.1 Å². The standard InChI is InChI=1S/C15H18N2O3S/c1-21-10-9-17-13(7-4-8-14(18)19)16-12-6-3-2-5-11(12)15(17)20/h2-3,5-6H,4,7-10H2,1H3,(H,18,19). The van der Waals surface area contributed by atoms with E-state index in [1.54, 1.807) is 22.4 Å². The number of para-hydroxylation sites is 1. The van der Waals surface area contributed by atoms with Gasteiger partial charge in [0.05, 0.1) is 10.9 Å². The van der Waals surface area contributed by atoms with Crippen molar-refractivity contribution >= 4 is 28.6 Å². The van der Waals surface area contributed by atoms with Crippen molar-refractivity contribution in [2.24, 2.45) is 0 Å². The first-order chi connectivity index (χ1) is 10.1. The minimum atomic E-state index is -0.825. The van der Waals surface area contributed by atoms with E-state index >= 15 is 0 Å². The van der Waals surface area contributed by atoms with E-state index < -0.39 is 5.97 Å². The highest BCUT2D eigenvalue weighted by Crippen LogP contribution is 2.10. The molecular formula is C15H18N2O3S. The lowest BCUT2D eigenvalue weighted by Gasteiger charge is -2.12. The van der Waals surface area contributed by atoms with Crippen LogP contribution in [0.25, 0.3) is 10.9 Å². The number of thioether (sulfide) groups is 1. The second-order valence-electron chi connectivity index (χ2n) is 4.74. The highest BCUT2D eigenvalue weighted by atomic mass is 32.2. The van der Waals surface area contributed by atoms with Gasteiger partial charge in [0, 0.05) is 25.1 Å². The molecule has 0 fully saturated rings. The number of carboxylic acid groups (broad SMARTS) is 1. The molecule has 0 saturated carbocycles. The number of hydrogen-bond acceptors (Lipinski definition) is 4. The Kier molecular flexibility index (Phi) is 5.38. The highest BCUT2D eigenvalue weighted by Gasteiger charge is 2.11. The second-order valence-corrected chi connectivity index (χ2v) is 5.73. The van der Waals surface area contributed by atoms with Crippen molar-refractivity contribution < 1.29 is 9.90 Å². The first-order valence-electron chi connectivity index (χ1n) is 6.82. The number of carboxylic acids is 1.